The van der Waals surface area contributed by atoms with Gasteiger partial charge in [0, 0.05) is 38.4 Å². The minimum Gasteiger partial charge on any atom is -0.397 e. The summed E-state index contributed by atoms with van der Waals surface area (Å²) in [6, 6.07) is 21.8. The van der Waals surface area contributed by atoms with Crippen LogP contribution in [0, 0.1) is 0 Å². The maximum absolute atomic E-state index is 13.1. The van der Waals surface area contributed by atoms with Crippen LogP contribution in [0.5, 0.6) is 0 Å². The van der Waals surface area contributed by atoms with Crippen LogP contribution in [-0.4, -0.2) is 64.8 Å². The lowest BCUT2D eigenvalue weighted by atomic mass is 10.1. The molecule has 50 heavy (non-hydrogen) atoms. The molecule has 4 aromatic carbocycles. The standard InChI is InChI=1S/C32H20N10O6S2/c33-21-13-20-22(24(23(21)34)49(43,44)45)30-38-26-15-8-2-4-10-17(15)28(36-26)41-32-19-12-6-5-11-18(19)31(42(32)50(46,47)48)40-27-16-9-3-1-7-14(16)25(35-27)37-29(20)39-30/h1-13H,33-34H2,(H,43,44,45)(H,46,47,48)(H,35,36,37,38,39,40,41). The molecule has 7 N–H and O–H groups in total. The molecule has 0 radical (unpaired) electrons. The zero-order valence-corrected chi connectivity index (χ0v) is 26.8. The molecule has 7 aromatic rings. The number of H-pyrrole nitrogens is 1. The minimum absolute atomic E-state index is 0.0323. The van der Waals surface area contributed by atoms with Crippen LogP contribution in [0.3, 0.4) is 0 Å². The predicted octanol–water partition coefficient (Wildman–Crippen LogP) is 4.40. The van der Waals surface area contributed by atoms with Gasteiger partial charge in [-0.05, 0) is 6.07 Å². The Balaban J connectivity index is 1.59. The highest BCUT2D eigenvalue weighted by molar-refractivity contribution is 7.86. The lowest BCUT2D eigenvalue weighted by Gasteiger charge is -2.07. The van der Waals surface area contributed by atoms with Gasteiger partial charge in [0.1, 0.15) is 16.2 Å². The van der Waals surface area contributed by atoms with Crippen LogP contribution in [0.4, 0.5) is 11.4 Å². The number of hydrogen-bond acceptors (Lipinski definition) is 12. The average molecular weight is 705 g/mol. The van der Waals surface area contributed by atoms with Gasteiger partial charge >= 0.3 is 10.3 Å². The molecule has 2 aliphatic rings. The van der Waals surface area contributed by atoms with E-state index in [-0.39, 0.29) is 62.3 Å². The molecular weight excluding hydrogens is 685 g/mol. The first kappa shape index (κ1) is 29.8. The third-order valence-corrected chi connectivity index (χ3v) is 10.2. The van der Waals surface area contributed by atoms with Crippen molar-refractivity contribution in [3.63, 3.8) is 0 Å². The highest BCUT2D eigenvalue weighted by atomic mass is 32.2. The predicted molar refractivity (Wildman–Crippen MR) is 185 cm³/mol. The molecule has 16 nitrogen and oxygen atoms in total. The fourth-order valence-electron chi connectivity index (χ4n) is 6.36. The number of benzene rings is 4. The van der Waals surface area contributed by atoms with Gasteiger partial charge in [-0.1, -0.05) is 72.8 Å². The molecular formula is C32H20N10O6S2. The third kappa shape index (κ3) is 4.29. The molecule has 2 aliphatic heterocycles. The van der Waals surface area contributed by atoms with Crippen molar-refractivity contribution in [1.82, 2.24) is 38.9 Å². The summed E-state index contributed by atoms with van der Waals surface area (Å²) in [5, 5.41) is 0.730. The number of nitrogens with two attached hydrogens (primary N) is 2. The van der Waals surface area contributed by atoms with Crippen molar-refractivity contribution >= 4 is 75.9 Å². The van der Waals surface area contributed by atoms with Crippen LogP contribution in [0.15, 0.2) is 83.8 Å². The Morgan fingerprint density at radius 1 is 0.580 bits per heavy atom. The van der Waals surface area contributed by atoms with Crippen molar-refractivity contribution in [2.75, 3.05) is 11.5 Å². The van der Waals surface area contributed by atoms with E-state index in [1.807, 2.05) is 0 Å². The summed E-state index contributed by atoms with van der Waals surface area (Å²) in [6.07, 6.45) is 0. The van der Waals surface area contributed by atoms with Gasteiger partial charge in [-0.15, -0.1) is 0 Å². The molecule has 0 amide bonds. The maximum atomic E-state index is 13.1. The van der Waals surface area contributed by atoms with Crippen molar-refractivity contribution in [3.8, 4) is 45.6 Å². The molecule has 0 saturated carbocycles. The Morgan fingerprint density at radius 3 is 1.48 bits per heavy atom. The van der Waals surface area contributed by atoms with E-state index < -0.39 is 31.0 Å². The Bertz CT molecular complexity index is 3090. The number of aromatic amines is 1. The van der Waals surface area contributed by atoms with Crippen LogP contribution in [0.2, 0.25) is 0 Å². The van der Waals surface area contributed by atoms with Crippen molar-refractivity contribution in [2.24, 2.45) is 0 Å². The number of aromatic nitrogens is 8. The highest BCUT2D eigenvalue weighted by Gasteiger charge is 2.28. The average Bonchev–Trinajstić information content (AvgIpc) is 3.79. The number of nitrogens with zero attached hydrogens (tertiary/aromatic N) is 7. The molecule has 0 saturated heterocycles. The van der Waals surface area contributed by atoms with E-state index in [1.165, 1.54) is 6.07 Å². The first-order chi connectivity index (χ1) is 23.9. The highest BCUT2D eigenvalue weighted by Crippen LogP contribution is 2.40. The number of hydrogen-bond donors (Lipinski definition) is 5. The van der Waals surface area contributed by atoms with Crippen LogP contribution >= 0.6 is 0 Å². The van der Waals surface area contributed by atoms with E-state index in [2.05, 4.69) is 24.9 Å². The number of anilines is 2. The summed E-state index contributed by atoms with van der Waals surface area (Å²) in [5.74, 6) is 0.262. The van der Waals surface area contributed by atoms with E-state index in [0.717, 1.165) is 0 Å². The lowest BCUT2D eigenvalue weighted by Crippen LogP contribution is -2.11. The van der Waals surface area contributed by atoms with Crippen LogP contribution in [0.1, 0.15) is 0 Å². The normalized spacial score (nSPS) is 12.7. The smallest absolute Gasteiger partial charge is 0.366 e. The molecule has 0 spiro atoms. The summed E-state index contributed by atoms with van der Waals surface area (Å²) in [6.45, 7) is 0. The quantitative estimate of drug-likeness (QED) is 0.123. The van der Waals surface area contributed by atoms with Gasteiger partial charge < -0.3 is 16.5 Å². The summed E-state index contributed by atoms with van der Waals surface area (Å²) < 4.78 is 73.5. The van der Waals surface area contributed by atoms with Crippen molar-refractivity contribution < 1.29 is 25.9 Å². The summed E-state index contributed by atoms with van der Waals surface area (Å²) in [7, 11) is -10.0. The van der Waals surface area contributed by atoms with Crippen LogP contribution in [0.25, 0.3) is 89.7 Å². The molecule has 9 rings (SSSR count). The number of rotatable bonds is 2. The SMILES string of the molecule is Nc1cc2c3nc4nc(nc5c6ccccc6c(nc6nc(nc([nH]3)c2c(S(=O)(=O)O)c1N)-c1ccccc1-6)n5S(=O)(=O)O)-c1ccccc1-4. The fourth-order valence-corrected chi connectivity index (χ4v) is 7.94. The first-order valence-electron chi connectivity index (χ1n) is 14.7. The Kier molecular flexibility index (Phi) is 6.01. The van der Waals surface area contributed by atoms with E-state index in [1.54, 1.807) is 72.8 Å². The topological polar surface area (TPSA) is 259 Å². The summed E-state index contributed by atoms with van der Waals surface area (Å²) in [4.78, 5) is 30.4. The molecule has 0 atom stereocenters. The van der Waals surface area contributed by atoms with Gasteiger partial charge in [0.25, 0.3) is 10.1 Å². The lowest BCUT2D eigenvalue weighted by molar-refractivity contribution is 0.475. The van der Waals surface area contributed by atoms with Gasteiger partial charge in [0.05, 0.1) is 16.8 Å². The Labute approximate surface area is 280 Å². The molecule has 0 unspecified atom stereocenters. The second-order valence-corrected chi connectivity index (χ2v) is 14.0. The largest absolute Gasteiger partial charge is 0.397 e. The van der Waals surface area contributed by atoms with Crippen LogP contribution in [-0.2, 0) is 20.4 Å². The second-order valence-electron chi connectivity index (χ2n) is 11.4. The fraction of sp³-hybridized carbons (Fsp3) is 0. The van der Waals surface area contributed by atoms with Crippen molar-refractivity contribution in [2.45, 2.75) is 4.90 Å². The third-order valence-electron chi connectivity index (χ3n) is 8.46. The van der Waals surface area contributed by atoms with Gasteiger partial charge in [0.2, 0.25) is 0 Å². The minimum atomic E-state index is -5.03. The summed E-state index contributed by atoms with van der Waals surface area (Å²) >= 11 is 0. The molecule has 0 fully saturated rings. The Morgan fingerprint density at radius 2 is 1.02 bits per heavy atom. The van der Waals surface area contributed by atoms with Gasteiger partial charge in [-0.2, -0.15) is 20.8 Å². The van der Waals surface area contributed by atoms with E-state index in [0.29, 0.717) is 37.0 Å². The second kappa shape index (κ2) is 10.1. The molecule has 3 aromatic heterocycles. The monoisotopic (exact) mass is 704 g/mol. The van der Waals surface area contributed by atoms with Gasteiger partial charge in [-0.3, -0.25) is 9.11 Å². The molecule has 8 bridgehead atoms. The number of fused-ring (bicyclic) bond motifs is 20. The first-order valence-corrected chi connectivity index (χ1v) is 17.5. The van der Waals surface area contributed by atoms with Gasteiger partial charge in [0.15, 0.2) is 34.6 Å². The van der Waals surface area contributed by atoms with Crippen molar-refractivity contribution in [1.29, 1.82) is 0 Å². The van der Waals surface area contributed by atoms with E-state index in [4.69, 9.17) is 21.4 Å². The molecule has 5 heterocycles. The summed E-state index contributed by atoms with van der Waals surface area (Å²) in [5.41, 5.74) is 13.3. The maximum Gasteiger partial charge on any atom is 0.366 e. The number of nitrogen functional groups attached to an aromatic ring is 2. The Hall–Kier alpha value is -6.34. The van der Waals surface area contributed by atoms with Gasteiger partial charge in [-0.25, -0.2) is 29.9 Å². The number of nitrogens with one attached hydrogen (secondary N) is 1. The zero-order chi connectivity index (χ0) is 34.7. The van der Waals surface area contributed by atoms with Crippen molar-refractivity contribution in [3.05, 3.63) is 78.9 Å². The van der Waals surface area contributed by atoms with E-state index >= 15 is 0 Å². The van der Waals surface area contributed by atoms with E-state index in [9.17, 15) is 25.9 Å². The zero-order valence-electron chi connectivity index (χ0n) is 25.1. The molecule has 246 valence electrons. The molecule has 18 heteroatoms. The molecule has 0 aliphatic carbocycles. The van der Waals surface area contributed by atoms with Crippen LogP contribution < -0.4 is 11.5 Å².